The van der Waals surface area contributed by atoms with E-state index in [1.54, 1.807) is 6.20 Å². The maximum atomic E-state index is 13.1. The van der Waals surface area contributed by atoms with E-state index in [0.29, 0.717) is 16.7 Å². The summed E-state index contributed by atoms with van der Waals surface area (Å²) in [5, 5.41) is 9.45. The molecule has 2 aliphatic rings. The molecule has 2 heterocycles. The van der Waals surface area contributed by atoms with Crippen LogP contribution in [-0.4, -0.2) is 37.6 Å². The summed E-state index contributed by atoms with van der Waals surface area (Å²) in [5.41, 5.74) is 4.18. The topological polar surface area (TPSA) is 77.0 Å². The van der Waals surface area contributed by atoms with Gasteiger partial charge in [0, 0.05) is 35.4 Å². The first-order valence-corrected chi connectivity index (χ1v) is 13.3. The second kappa shape index (κ2) is 9.11. The lowest BCUT2D eigenvalue weighted by atomic mass is 9.73. The van der Waals surface area contributed by atoms with Gasteiger partial charge in [-0.25, -0.2) is 4.98 Å². The summed E-state index contributed by atoms with van der Waals surface area (Å²) >= 11 is 5.16. The molecule has 1 aromatic heterocycles. The van der Waals surface area contributed by atoms with E-state index in [4.69, 9.17) is 11.6 Å². The first-order valence-electron chi connectivity index (χ1n) is 11.7. The number of piperidine rings is 1. The highest BCUT2D eigenvalue weighted by molar-refractivity contribution is 7.90. The first-order chi connectivity index (χ1) is 16.3. The molecule has 1 aliphatic carbocycles. The van der Waals surface area contributed by atoms with Crippen molar-refractivity contribution in [2.24, 2.45) is 5.41 Å². The second-order valence-electron chi connectivity index (χ2n) is 10.3. The van der Waals surface area contributed by atoms with E-state index in [0.717, 1.165) is 37.9 Å². The van der Waals surface area contributed by atoms with Crippen LogP contribution in [0.15, 0.2) is 54.7 Å². The zero-order valence-corrected chi connectivity index (χ0v) is 21.4. The molecule has 0 radical (unpaired) electrons. The summed E-state index contributed by atoms with van der Waals surface area (Å²) < 4.78 is 16.3. The molecule has 1 unspecified atom stereocenters. The van der Waals surface area contributed by atoms with Crippen molar-refractivity contribution in [3.8, 4) is 11.3 Å². The molecule has 0 bridgehead atoms. The Morgan fingerprint density at radius 1 is 1.06 bits per heavy atom. The summed E-state index contributed by atoms with van der Waals surface area (Å²) in [4.78, 5) is 6.81. The van der Waals surface area contributed by atoms with Gasteiger partial charge in [0.1, 0.15) is 10.4 Å². The third-order valence-electron chi connectivity index (χ3n) is 7.04. The molecular weight excluding hydrogens is 466 g/mol. The molecule has 1 N–H and O–H groups in total. The minimum Gasteiger partial charge on any atom is -0.598 e. The highest BCUT2D eigenvalue weighted by Crippen LogP contribution is 2.52. The Morgan fingerprint density at radius 2 is 1.76 bits per heavy atom. The number of nitrogens with one attached hydrogen (secondary N) is 1. The lowest BCUT2D eigenvalue weighted by Gasteiger charge is -2.43. The molecule has 1 fully saturated rings. The fourth-order valence-corrected chi connectivity index (χ4v) is 6.26. The number of halogens is 1. The van der Waals surface area contributed by atoms with Crippen molar-refractivity contribution in [3.63, 3.8) is 0 Å². The molecule has 34 heavy (non-hydrogen) atoms. The van der Waals surface area contributed by atoms with Crippen LogP contribution in [0.25, 0.3) is 11.3 Å². The Bertz CT molecular complexity index is 1160. The van der Waals surface area contributed by atoms with E-state index >= 15 is 0 Å². The zero-order valence-electron chi connectivity index (χ0n) is 19.8. The predicted octanol–water partition coefficient (Wildman–Crippen LogP) is 5.13. The predicted molar refractivity (Wildman–Crippen MR) is 138 cm³/mol. The number of hydrogen-bond acceptors (Lipinski definition) is 6. The average molecular weight is 496 g/mol. The number of nitrogens with zero attached hydrogens (tertiary/aromatic N) is 4. The maximum Gasteiger partial charge on any atom is 0.245 e. The molecule has 178 valence electrons. The van der Waals surface area contributed by atoms with Crippen LogP contribution in [0, 0.1) is 5.41 Å². The van der Waals surface area contributed by atoms with E-state index in [2.05, 4.69) is 49.1 Å². The third kappa shape index (κ3) is 4.42. The number of benzene rings is 2. The van der Waals surface area contributed by atoms with Gasteiger partial charge in [0.05, 0.1) is 17.3 Å². The zero-order chi connectivity index (χ0) is 23.9. The summed E-state index contributed by atoms with van der Waals surface area (Å²) in [6, 6.07) is 16.3. The summed E-state index contributed by atoms with van der Waals surface area (Å²) in [7, 11) is 0. The SMILES string of the molecule is CC(C)(C)[S+]([O-])N[C@@H]1c2ccccc2CC12CCN(c1ncc(-c3ccccc3Cl)nn1)CC2. The Hall–Kier alpha value is -2.19. The number of hydrogen-bond donors (Lipinski definition) is 1. The van der Waals surface area contributed by atoms with Gasteiger partial charge >= 0.3 is 0 Å². The van der Waals surface area contributed by atoms with Gasteiger partial charge < -0.3 is 9.45 Å². The fraction of sp³-hybridized carbons (Fsp3) is 0.423. The van der Waals surface area contributed by atoms with Crippen LogP contribution in [-0.2, 0) is 17.8 Å². The van der Waals surface area contributed by atoms with Crippen LogP contribution < -0.4 is 9.62 Å². The third-order valence-corrected chi connectivity index (χ3v) is 8.94. The minimum absolute atomic E-state index is 0.0338. The molecule has 5 rings (SSSR count). The summed E-state index contributed by atoms with van der Waals surface area (Å²) in [6.07, 6.45) is 4.68. The van der Waals surface area contributed by atoms with Gasteiger partial charge in [-0.3, -0.25) is 0 Å². The van der Waals surface area contributed by atoms with E-state index < -0.39 is 11.4 Å². The monoisotopic (exact) mass is 495 g/mol. The number of anilines is 1. The Labute approximate surface area is 209 Å². The first kappa shape index (κ1) is 23.5. The van der Waals surface area contributed by atoms with Crippen LogP contribution in [0.5, 0.6) is 0 Å². The van der Waals surface area contributed by atoms with Crippen molar-refractivity contribution in [1.82, 2.24) is 19.9 Å². The highest BCUT2D eigenvalue weighted by atomic mass is 35.5. The smallest absolute Gasteiger partial charge is 0.245 e. The Balaban J connectivity index is 1.33. The second-order valence-corrected chi connectivity index (χ2v) is 12.7. The molecule has 1 spiro atoms. The van der Waals surface area contributed by atoms with E-state index in [-0.39, 0.29) is 16.2 Å². The van der Waals surface area contributed by atoms with Crippen LogP contribution in [0.1, 0.15) is 50.8 Å². The molecule has 1 saturated heterocycles. The molecule has 0 amide bonds. The Kier molecular flexibility index (Phi) is 6.31. The summed E-state index contributed by atoms with van der Waals surface area (Å²) in [6.45, 7) is 7.72. The molecule has 2 aromatic carbocycles. The number of fused-ring (bicyclic) bond motifs is 1. The summed E-state index contributed by atoms with van der Waals surface area (Å²) in [5.74, 6) is 0.643. The highest BCUT2D eigenvalue weighted by Gasteiger charge is 2.50. The van der Waals surface area contributed by atoms with Gasteiger partial charge in [0.2, 0.25) is 5.95 Å². The van der Waals surface area contributed by atoms with Crippen LogP contribution in [0.3, 0.4) is 0 Å². The van der Waals surface area contributed by atoms with Crippen LogP contribution >= 0.6 is 11.6 Å². The van der Waals surface area contributed by atoms with Crippen molar-refractivity contribution < 1.29 is 4.55 Å². The van der Waals surface area contributed by atoms with Crippen LogP contribution in [0.2, 0.25) is 5.02 Å². The van der Waals surface area contributed by atoms with E-state index in [1.807, 2.05) is 45.0 Å². The van der Waals surface area contributed by atoms with E-state index in [9.17, 15) is 4.55 Å². The van der Waals surface area contributed by atoms with Gasteiger partial charge in [-0.15, -0.1) is 14.9 Å². The lowest BCUT2D eigenvalue weighted by molar-refractivity contribution is 0.175. The standard InChI is InChI=1S/C26H30ClN5OS/c1-25(2,3)34(33)31-23-19-9-5-4-8-18(19)16-26(23)12-14-32(15-13-26)24-28-17-22(29-30-24)20-10-6-7-11-21(20)27/h4-11,17,23,31H,12-16H2,1-3H3/t23-,34?/m1/s1. The maximum absolute atomic E-state index is 13.1. The molecule has 3 aromatic rings. The van der Waals surface area contributed by atoms with Gasteiger partial charge in [0.25, 0.3) is 0 Å². The molecule has 6 nitrogen and oxygen atoms in total. The van der Waals surface area contributed by atoms with Gasteiger partial charge in [0.15, 0.2) is 0 Å². The lowest BCUT2D eigenvalue weighted by Crippen LogP contribution is -2.50. The fourth-order valence-electron chi connectivity index (χ4n) is 5.08. The van der Waals surface area contributed by atoms with Gasteiger partial charge in [-0.2, -0.15) is 0 Å². The normalized spacial score (nSPS) is 20.4. The van der Waals surface area contributed by atoms with Gasteiger partial charge in [-0.05, 0) is 57.2 Å². The van der Waals surface area contributed by atoms with Gasteiger partial charge in [-0.1, -0.05) is 54.1 Å². The largest absolute Gasteiger partial charge is 0.598 e. The molecule has 0 saturated carbocycles. The quantitative estimate of drug-likeness (QED) is 0.506. The van der Waals surface area contributed by atoms with Crippen molar-refractivity contribution in [2.75, 3.05) is 18.0 Å². The number of rotatable bonds is 4. The Morgan fingerprint density at radius 3 is 2.44 bits per heavy atom. The minimum atomic E-state index is -1.14. The molecule has 1 aliphatic heterocycles. The van der Waals surface area contributed by atoms with Crippen molar-refractivity contribution in [3.05, 3.63) is 70.9 Å². The molecule has 8 heteroatoms. The molecular formula is C26H30ClN5OS. The number of aromatic nitrogens is 3. The van der Waals surface area contributed by atoms with Crippen molar-refractivity contribution in [1.29, 1.82) is 0 Å². The van der Waals surface area contributed by atoms with Crippen molar-refractivity contribution in [2.45, 2.75) is 50.8 Å². The molecule has 2 atom stereocenters. The van der Waals surface area contributed by atoms with Crippen molar-refractivity contribution >= 4 is 28.9 Å². The van der Waals surface area contributed by atoms with Crippen LogP contribution in [0.4, 0.5) is 5.95 Å². The average Bonchev–Trinajstić information content (AvgIpc) is 3.12. The van der Waals surface area contributed by atoms with E-state index in [1.165, 1.54) is 11.1 Å².